The molecule has 0 saturated carbocycles. The standard InChI is InChI=1S/C11H21FN2O2/c1-3-5-7-13(11(16)4-2)8-6-9-14(12)10-15/h10H,3-9H2,1-2H3. The summed E-state index contributed by atoms with van der Waals surface area (Å²) in [5, 5.41) is 0.106. The first-order chi connectivity index (χ1) is 7.65. The molecule has 0 heterocycles. The van der Waals surface area contributed by atoms with Crippen LogP contribution >= 0.6 is 0 Å². The molecule has 2 amide bonds. The summed E-state index contributed by atoms with van der Waals surface area (Å²) in [4.78, 5) is 23.3. The second-order valence-electron chi connectivity index (χ2n) is 3.67. The van der Waals surface area contributed by atoms with Gasteiger partial charge in [0.05, 0.1) is 6.54 Å². The van der Waals surface area contributed by atoms with Gasteiger partial charge in [0, 0.05) is 19.5 Å². The monoisotopic (exact) mass is 232 g/mol. The van der Waals surface area contributed by atoms with Crippen molar-refractivity contribution >= 4 is 12.3 Å². The van der Waals surface area contributed by atoms with Gasteiger partial charge in [-0.2, -0.15) is 5.12 Å². The van der Waals surface area contributed by atoms with Crippen molar-refractivity contribution in [3.63, 3.8) is 0 Å². The Labute approximate surface area is 96.3 Å². The number of hydrogen-bond donors (Lipinski definition) is 0. The zero-order chi connectivity index (χ0) is 12.4. The van der Waals surface area contributed by atoms with Gasteiger partial charge < -0.3 is 4.90 Å². The lowest BCUT2D eigenvalue weighted by Crippen LogP contribution is -2.33. The molecule has 0 radical (unpaired) electrons. The summed E-state index contributed by atoms with van der Waals surface area (Å²) in [6, 6.07) is 0. The van der Waals surface area contributed by atoms with Gasteiger partial charge in [0.2, 0.25) is 12.3 Å². The normalized spacial score (nSPS) is 9.94. The number of hydrogen-bond acceptors (Lipinski definition) is 2. The minimum Gasteiger partial charge on any atom is -0.343 e. The molecular formula is C11H21FN2O2. The van der Waals surface area contributed by atoms with Crippen LogP contribution in [0.15, 0.2) is 0 Å². The number of unbranched alkanes of at least 4 members (excludes halogenated alkanes) is 1. The van der Waals surface area contributed by atoms with Crippen LogP contribution in [-0.2, 0) is 9.59 Å². The molecular weight excluding hydrogens is 211 g/mol. The smallest absolute Gasteiger partial charge is 0.237 e. The molecule has 0 aromatic carbocycles. The lowest BCUT2D eigenvalue weighted by atomic mass is 10.2. The highest BCUT2D eigenvalue weighted by Crippen LogP contribution is 2.01. The summed E-state index contributed by atoms with van der Waals surface area (Å²) >= 11 is 0. The topological polar surface area (TPSA) is 40.6 Å². The minimum atomic E-state index is 0.0448. The van der Waals surface area contributed by atoms with E-state index in [9.17, 15) is 14.1 Å². The molecule has 0 aromatic heterocycles. The number of rotatable bonds is 9. The van der Waals surface area contributed by atoms with E-state index in [4.69, 9.17) is 0 Å². The first kappa shape index (κ1) is 14.9. The van der Waals surface area contributed by atoms with Crippen LogP contribution < -0.4 is 0 Å². The molecule has 0 aliphatic heterocycles. The summed E-state index contributed by atoms with van der Waals surface area (Å²) in [6.07, 6.45) is 3.08. The van der Waals surface area contributed by atoms with Crippen molar-refractivity contribution in [2.45, 2.75) is 39.5 Å². The molecule has 0 aliphatic carbocycles. The average molecular weight is 232 g/mol. The Hall–Kier alpha value is -1.13. The van der Waals surface area contributed by atoms with Gasteiger partial charge in [0.25, 0.3) is 0 Å². The van der Waals surface area contributed by atoms with Crippen LogP contribution in [-0.4, -0.2) is 42.0 Å². The highest BCUT2D eigenvalue weighted by Gasteiger charge is 2.10. The summed E-state index contributed by atoms with van der Waals surface area (Å²) in [7, 11) is 0. The van der Waals surface area contributed by atoms with Crippen molar-refractivity contribution in [3.8, 4) is 0 Å². The van der Waals surface area contributed by atoms with Crippen LogP contribution in [0.2, 0.25) is 0 Å². The van der Waals surface area contributed by atoms with E-state index in [0.717, 1.165) is 19.4 Å². The number of halogens is 1. The van der Waals surface area contributed by atoms with Gasteiger partial charge in [-0.05, 0) is 12.8 Å². The molecule has 4 nitrogen and oxygen atoms in total. The zero-order valence-electron chi connectivity index (χ0n) is 10.1. The Bertz CT molecular complexity index is 212. The van der Waals surface area contributed by atoms with E-state index in [0.29, 0.717) is 19.4 Å². The van der Waals surface area contributed by atoms with Crippen LogP contribution in [0, 0.1) is 0 Å². The third-order valence-electron chi connectivity index (χ3n) is 2.35. The molecule has 0 fully saturated rings. The molecule has 16 heavy (non-hydrogen) atoms. The summed E-state index contributed by atoms with van der Waals surface area (Å²) < 4.78 is 12.5. The van der Waals surface area contributed by atoms with Crippen LogP contribution in [0.1, 0.15) is 39.5 Å². The molecule has 0 atom stereocenters. The van der Waals surface area contributed by atoms with E-state index < -0.39 is 0 Å². The van der Waals surface area contributed by atoms with E-state index in [1.807, 2.05) is 6.92 Å². The fourth-order valence-electron chi connectivity index (χ4n) is 1.40. The van der Waals surface area contributed by atoms with Crippen LogP contribution in [0.4, 0.5) is 4.48 Å². The average Bonchev–Trinajstić information content (AvgIpc) is 2.32. The predicted molar refractivity (Wildman–Crippen MR) is 60.3 cm³/mol. The first-order valence-corrected chi connectivity index (χ1v) is 5.81. The quantitative estimate of drug-likeness (QED) is 0.449. The van der Waals surface area contributed by atoms with Crippen LogP contribution in [0.5, 0.6) is 0 Å². The van der Waals surface area contributed by atoms with E-state index in [2.05, 4.69) is 6.92 Å². The molecule has 0 bridgehead atoms. The van der Waals surface area contributed by atoms with Gasteiger partial charge in [0.15, 0.2) is 0 Å². The molecule has 94 valence electrons. The van der Waals surface area contributed by atoms with Crippen molar-refractivity contribution in [1.82, 2.24) is 10.0 Å². The van der Waals surface area contributed by atoms with Crippen LogP contribution in [0.25, 0.3) is 0 Å². The van der Waals surface area contributed by atoms with Gasteiger partial charge in [0.1, 0.15) is 0 Å². The Morgan fingerprint density at radius 3 is 2.31 bits per heavy atom. The zero-order valence-corrected chi connectivity index (χ0v) is 10.1. The Morgan fingerprint density at radius 1 is 1.19 bits per heavy atom. The second kappa shape index (κ2) is 9.12. The lowest BCUT2D eigenvalue weighted by molar-refractivity contribution is -0.132. The van der Waals surface area contributed by atoms with E-state index in [-0.39, 0.29) is 24.0 Å². The fraction of sp³-hybridized carbons (Fsp3) is 0.818. The third-order valence-corrected chi connectivity index (χ3v) is 2.35. The molecule has 0 saturated heterocycles. The van der Waals surface area contributed by atoms with Crippen molar-refractivity contribution in [2.24, 2.45) is 0 Å². The Morgan fingerprint density at radius 2 is 1.81 bits per heavy atom. The highest BCUT2D eigenvalue weighted by atomic mass is 19.2. The van der Waals surface area contributed by atoms with Crippen LogP contribution in [0.3, 0.4) is 0 Å². The second-order valence-corrected chi connectivity index (χ2v) is 3.67. The Balaban J connectivity index is 3.91. The van der Waals surface area contributed by atoms with Gasteiger partial charge in [-0.1, -0.05) is 24.7 Å². The molecule has 0 aromatic rings. The molecule has 0 unspecified atom stereocenters. The molecule has 0 N–H and O–H groups in total. The number of amides is 2. The SMILES string of the molecule is CCCCN(CCCN(F)C=O)C(=O)CC. The molecule has 0 aliphatic rings. The van der Waals surface area contributed by atoms with E-state index >= 15 is 0 Å². The van der Waals surface area contributed by atoms with Gasteiger partial charge in [-0.15, -0.1) is 0 Å². The number of nitrogens with zero attached hydrogens (tertiary/aromatic N) is 2. The third kappa shape index (κ3) is 6.37. The van der Waals surface area contributed by atoms with E-state index in [1.54, 1.807) is 4.90 Å². The maximum absolute atomic E-state index is 12.5. The number of carbonyl (C=O) groups is 2. The van der Waals surface area contributed by atoms with Crippen molar-refractivity contribution < 1.29 is 14.1 Å². The first-order valence-electron chi connectivity index (χ1n) is 5.81. The maximum Gasteiger partial charge on any atom is 0.237 e. The lowest BCUT2D eigenvalue weighted by Gasteiger charge is -2.22. The molecule has 5 heteroatoms. The van der Waals surface area contributed by atoms with Crippen molar-refractivity contribution in [1.29, 1.82) is 0 Å². The predicted octanol–water partition coefficient (Wildman–Crippen LogP) is 1.76. The van der Waals surface area contributed by atoms with Gasteiger partial charge in [-0.3, -0.25) is 9.59 Å². The summed E-state index contributed by atoms with van der Waals surface area (Å²) in [5.41, 5.74) is 0. The largest absolute Gasteiger partial charge is 0.343 e. The fourth-order valence-corrected chi connectivity index (χ4v) is 1.40. The van der Waals surface area contributed by atoms with Crippen molar-refractivity contribution in [3.05, 3.63) is 0 Å². The molecule has 0 spiro atoms. The summed E-state index contributed by atoms with van der Waals surface area (Å²) in [6.45, 7) is 5.15. The Kier molecular flexibility index (Phi) is 8.48. The van der Waals surface area contributed by atoms with Gasteiger partial charge in [-0.25, -0.2) is 0 Å². The van der Waals surface area contributed by atoms with E-state index in [1.165, 1.54) is 0 Å². The summed E-state index contributed by atoms with van der Waals surface area (Å²) in [5.74, 6) is 0.0879. The minimum absolute atomic E-state index is 0.0448. The van der Waals surface area contributed by atoms with Gasteiger partial charge >= 0.3 is 0 Å². The number of carbonyl (C=O) groups excluding carboxylic acids is 2. The highest BCUT2D eigenvalue weighted by molar-refractivity contribution is 5.75. The molecule has 0 rings (SSSR count). The van der Waals surface area contributed by atoms with Crippen molar-refractivity contribution in [2.75, 3.05) is 19.6 Å². The maximum atomic E-state index is 12.5.